The molecule has 112 valence electrons. The highest BCUT2D eigenvalue weighted by Crippen LogP contribution is 2.41. The maximum absolute atomic E-state index is 6.95. The fourth-order valence-corrected chi connectivity index (χ4v) is 4.20. The van der Waals surface area contributed by atoms with Crippen LogP contribution in [0.3, 0.4) is 0 Å². The van der Waals surface area contributed by atoms with Gasteiger partial charge < -0.3 is 5.73 Å². The Morgan fingerprint density at radius 2 is 1.95 bits per heavy atom. The third-order valence-electron chi connectivity index (χ3n) is 5.27. The van der Waals surface area contributed by atoms with Gasteiger partial charge in [-0.05, 0) is 62.0 Å². The zero-order valence-corrected chi connectivity index (χ0v) is 13.9. The normalized spacial score (nSPS) is 30.8. The molecule has 1 fully saturated rings. The fourth-order valence-electron chi connectivity index (χ4n) is 4.20. The highest BCUT2D eigenvalue weighted by Gasteiger charge is 2.41. The summed E-state index contributed by atoms with van der Waals surface area (Å²) in [6.07, 6.45) is 4.84. The van der Waals surface area contributed by atoms with Crippen LogP contribution in [0.5, 0.6) is 0 Å². The van der Waals surface area contributed by atoms with E-state index in [2.05, 4.69) is 52.8 Å². The molecule has 3 atom stereocenters. The Bertz CT molecular complexity index is 463. The molecule has 1 aliphatic carbocycles. The van der Waals surface area contributed by atoms with Crippen LogP contribution in [0.25, 0.3) is 0 Å². The van der Waals surface area contributed by atoms with Crippen molar-refractivity contribution in [1.29, 1.82) is 0 Å². The average Bonchev–Trinajstić information content (AvgIpc) is 2.32. The molecule has 0 heterocycles. The Hall–Kier alpha value is -0.820. The van der Waals surface area contributed by atoms with E-state index in [1.165, 1.54) is 36.0 Å². The van der Waals surface area contributed by atoms with Gasteiger partial charge in [-0.2, -0.15) is 0 Å². The predicted molar refractivity (Wildman–Crippen MR) is 87.9 cm³/mol. The molecule has 1 aromatic rings. The molecular weight excluding hydrogens is 242 g/mol. The second kappa shape index (κ2) is 5.89. The van der Waals surface area contributed by atoms with Gasteiger partial charge in [0.05, 0.1) is 0 Å². The first-order valence-electron chi connectivity index (χ1n) is 8.17. The smallest absolute Gasteiger partial charge is 0.0228 e. The van der Waals surface area contributed by atoms with Crippen molar-refractivity contribution in [3.8, 4) is 0 Å². The predicted octanol–water partition coefficient (Wildman–Crippen LogP) is 4.64. The number of aryl methyl sites for hydroxylation is 2. The van der Waals surface area contributed by atoms with Crippen LogP contribution in [0.2, 0.25) is 0 Å². The minimum atomic E-state index is -0.0234. The fraction of sp³-hybridized carbons (Fsp3) is 0.684. The van der Waals surface area contributed by atoms with Gasteiger partial charge in [-0.15, -0.1) is 0 Å². The van der Waals surface area contributed by atoms with Gasteiger partial charge in [0.2, 0.25) is 0 Å². The van der Waals surface area contributed by atoms with Crippen LogP contribution in [-0.4, -0.2) is 5.54 Å². The van der Waals surface area contributed by atoms with Crippen LogP contribution in [0.15, 0.2) is 18.2 Å². The molecule has 1 nitrogen and oxygen atoms in total. The Labute approximate surface area is 125 Å². The third kappa shape index (κ3) is 3.25. The summed E-state index contributed by atoms with van der Waals surface area (Å²) in [6, 6.07) is 6.77. The van der Waals surface area contributed by atoms with Crippen LogP contribution >= 0.6 is 0 Å². The highest BCUT2D eigenvalue weighted by atomic mass is 14.8. The van der Waals surface area contributed by atoms with Gasteiger partial charge in [0.25, 0.3) is 0 Å². The minimum absolute atomic E-state index is 0.0234. The van der Waals surface area contributed by atoms with Crippen molar-refractivity contribution in [3.63, 3.8) is 0 Å². The first-order chi connectivity index (χ1) is 9.32. The zero-order chi connectivity index (χ0) is 14.9. The summed E-state index contributed by atoms with van der Waals surface area (Å²) in [4.78, 5) is 0. The Balaban J connectivity index is 2.28. The van der Waals surface area contributed by atoms with E-state index in [4.69, 9.17) is 5.73 Å². The second-order valence-electron chi connectivity index (χ2n) is 7.58. The van der Waals surface area contributed by atoms with E-state index in [0.717, 1.165) is 12.3 Å². The summed E-state index contributed by atoms with van der Waals surface area (Å²) in [6.45, 7) is 11.4. The lowest BCUT2D eigenvalue weighted by molar-refractivity contribution is 0.109. The molecule has 3 unspecified atom stereocenters. The molecule has 1 saturated carbocycles. The zero-order valence-electron chi connectivity index (χ0n) is 13.9. The van der Waals surface area contributed by atoms with Gasteiger partial charge in [-0.25, -0.2) is 0 Å². The monoisotopic (exact) mass is 273 g/mol. The third-order valence-corrected chi connectivity index (χ3v) is 5.27. The molecule has 0 amide bonds. The molecule has 2 N–H and O–H groups in total. The van der Waals surface area contributed by atoms with Crippen molar-refractivity contribution < 1.29 is 0 Å². The lowest BCUT2D eigenvalue weighted by Crippen LogP contribution is -2.54. The summed E-state index contributed by atoms with van der Waals surface area (Å²) in [5, 5.41) is 0. The molecule has 0 spiro atoms. The molecule has 2 rings (SSSR count). The molecule has 0 saturated heterocycles. The summed E-state index contributed by atoms with van der Waals surface area (Å²) >= 11 is 0. The van der Waals surface area contributed by atoms with E-state index < -0.39 is 0 Å². The van der Waals surface area contributed by atoms with Crippen LogP contribution in [0, 0.1) is 31.6 Å². The SMILES string of the molecule is Cc1ccc(C)c(CC2(N)CC(C)CCC2C(C)C)c1. The molecule has 0 bridgehead atoms. The first-order valence-corrected chi connectivity index (χ1v) is 8.17. The number of hydrogen-bond acceptors (Lipinski definition) is 1. The Morgan fingerprint density at radius 3 is 2.60 bits per heavy atom. The lowest BCUT2D eigenvalue weighted by Gasteiger charge is -2.46. The van der Waals surface area contributed by atoms with Gasteiger partial charge in [0, 0.05) is 5.54 Å². The number of benzene rings is 1. The summed E-state index contributed by atoms with van der Waals surface area (Å²) in [5.74, 6) is 2.09. The lowest BCUT2D eigenvalue weighted by atomic mass is 9.63. The Kier molecular flexibility index (Phi) is 4.59. The number of nitrogens with two attached hydrogens (primary N) is 1. The molecule has 20 heavy (non-hydrogen) atoms. The number of hydrogen-bond donors (Lipinski definition) is 1. The van der Waals surface area contributed by atoms with Crippen molar-refractivity contribution in [1.82, 2.24) is 0 Å². The molecule has 0 radical (unpaired) electrons. The van der Waals surface area contributed by atoms with Crippen molar-refractivity contribution >= 4 is 0 Å². The van der Waals surface area contributed by atoms with Crippen molar-refractivity contribution in [3.05, 3.63) is 34.9 Å². The number of rotatable bonds is 3. The second-order valence-corrected chi connectivity index (χ2v) is 7.58. The topological polar surface area (TPSA) is 26.0 Å². The molecule has 0 aromatic heterocycles. The maximum Gasteiger partial charge on any atom is 0.0228 e. The summed E-state index contributed by atoms with van der Waals surface area (Å²) in [5.41, 5.74) is 11.1. The van der Waals surface area contributed by atoms with E-state index in [0.29, 0.717) is 11.8 Å². The van der Waals surface area contributed by atoms with Gasteiger partial charge >= 0.3 is 0 Å². The maximum atomic E-state index is 6.95. The molecular formula is C19H31N. The molecule has 1 aromatic carbocycles. The van der Waals surface area contributed by atoms with Crippen molar-refractivity contribution in [2.24, 2.45) is 23.5 Å². The minimum Gasteiger partial charge on any atom is -0.325 e. The van der Waals surface area contributed by atoms with E-state index in [-0.39, 0.29) is 5.54 Å². The summed E-state index contributed by atoms with van der Waals surface area (Å²) in [7, 11) is 0. The quantitative estimate of drug-likeness (QED) is 0.853. The summed E-state index contributed by atoms with van der Waals surface area (Å²) < 4.78 is 0. The van der Waals surface area contributed by atoms with E-state index in [1.807, 2.05) is 0 Å². The van der Waals surface area contributed by atoms with Gasteiger partial charge in [0.15, 0.2) is 0 Å². The van der Waals surface area contributed by atoms with Crippen molar-refractivity contribution in [2.75, 3.05) is 0 Å². The van der Waals surface area contributed by atoms with Crippen molar-refractivity contribution in [2.45, 2.75) is 65.8 Å². The Morgan fingerprint density at radius 1 is 1.25 bits per heavy atom. The van der Waals surface area contributed by atoms with Gasteiger partial charge in [0.1, 0.15) is 0 Å². The van der Waals surface area contributed by atoms with Crippen LogP contribution in [0.1, 0.15) is 56.7 Å². The highest BCUT2D eigenvalue weighted by molar-refractivity contribution is 5.32. The van der Waals surface area contributed by atoms with Gasteiger partial charge in [-0.1, -0.05) is 51.0 Å². The van der Waals surface area contributed by atoms with Gasteiger partial charge in [-0.3, -0.25) is 0 Å². The molecule has 1 heteroatoms. The van der Waals surface area contributed by atoms with E-state index in [1.54, 1.807) is 0 Å². The van der Waals surface area contributed by atoms with Crippen LogP contribution < -0.4 is 5.73 Å². The van der Waals surface area contributed by atoms with Crippen LogP contribution in [-0.2, 0) is 6.42 Å². The average molecular weight is 273 g/mol. The standard InChI is InChI=1S/C19H31N/c1-13(2)18-9-7-15(4)11-19(18,20)12-17-10-14(3)6-8-16(17)5/h6,8,10,13,15,18H,7,9,11-12,20H2,1-5H3. The molecule has 1 aliphatic rings. The van der Waals surface area contributed by atoms with E-state index in [9.17, 15) is 0 Å². The largest absolute Gasteiger partial charge is 0.325 e. The van der Waals surface area contributed by atoms with Crippen LogP contribution in [0.4, 0.5) is 0 Å². The molecule has 0 aliphatic heterocycles. The van der Waals surface area contributed by atoms with E-state index >= 15 is 0 Å². The first kappa shape index (κ1) is 15.6.